The Hall–Kier alpha value is -2.32. The van der Waals surface area contributed by atoms with Crippen LogP contribution in [0.25, 0.3) is 0 Å². The van der Waals surface area contributed by atoms with Crippen molar-refractivity contribution < 1.29 is 17.7 Å². The molecule has 2 aromatic rings. The Bertz CT molecular complexity index is 835. The van der Waals surface area contributed by atoms with Gasteiger partial charge in [-0.2, -0.15) is 4.31 Å². The first kappa shape index (κ1) is 17.0. The standard InChI is InChI=1S/C15H15FN2O4S/c1-11-14(18(19)20)4-3-5-15(11)23(21,22)17(2)10-12-6-8-13(16)9-7-12/h3-9H,10H2,1-2H3. The van der Waals surface area contributed by atoms with Crippen LogP contribution in [0.4, 0.5) is 10.1 Å². The molecule has 0 bridgehead atoms. The van der Waals surface area contributed by atoms with Crippen LogP contribution in [0.2, 0.25) is 0 Å². The van der Waals surface area contributed by atoms with Crippen LogP contribution < -0.4 is 0 Å². The number of nitro groups is 1. The van der Waals surface area contributed by atoms with Gasteiger partial charge in [-0.1, -0.05) is 18.2 Å². The van der Waals surface area contributed by atoms with Crippen LogP contribution in [-0.4, -0.2) is 24.7 Å². The second-order valence-electron chi connectivity index (χ2n) is 5.04. The predicted molar refractivity (Wildman–Crippen MR) is 82.9 cm³/mol. The number of sulfonamides is 1. The number of rotatable bonds is 5. The molecule has 0 saturated carbocycles. The highest BCUT2D eigenvalue weighted by Crippen LogP contribution is 2.27. The zero-order valence-corrected chi connectivity index (χ0v) is 13.4. The summed E-state index contributed by atoms with van der Waals surface area (Å²) < 4.78 is 39.2. The Morgan fingerprint density at radius 3 is 2.35 bits per heavy atom. The van der Waals surface area contributed by atoms with E-state index in [1.165, 1.54) is 56.4 Å². The van der Waals surface area contributed by atoms with E-state index in [2.05, 4.69) is 0 Å². The molecule has 0 aromatic heterocycles. The minimum atomic E-state index is -3.90. The number of halogens is 1. The Balaban J connectivity index is 2.36. The molecule has 0 saturated heterocycles. The molecule has 0 atom stereocenters. The van der Waals surface area contributed by atoms with Crippen molar-refractivity contribution in [2.24, 2.45) is 0 Å². The van der Waals surface area contributed by atoms with Crippen LogP contribution in [0.5, 0.6) is 0 Å². The lowest BCUT2D eigenvalue weighted by Gasteiger charge is -2.18. The lowest BCUT2D eigenvalue weighted by Crippen LogP contribution is -2.27. The van der Waals surface area contributed by atoms with Crippen molar-refractivity contribution in [3.8, 4) is 0 Å². The van der Waals surface area contributed by atoms with Gasteiger partial charge in [-0.15, -0.1) is 0 Å². The zero-order valence-electron chi connectivity index (χ0n) is 12.6. The van der Waals surface area contributed by atoms with Crippen molar-refractivity contribution in [1.82, 2.24) is 4.31 Å². The van der Waals surface area contributed by atoms with Crippen LogP contribution >= 0.6 is 0 Å². The van der Waals surface area contributed by atoms with Gasteiger partial charge in [-0.25, -0.2) is 12.8 Å². The molecule has 0 aliphatic heterocycles. The number of benzene rings is 2. The summed E-state index contributed by atoms with van der Waals surface area (Å²) in [6.07, 6.45) is 0. The zero-order chi connectivity index (χ0) is 17.2. The highest BCUT2D eigenvalue weighted by molar-refractivity contribution is 7.89. The molecule has 0 radical (unpaired) electrons. The topological polar surface area (TPSA) is 80.5 Å². The van der Waals surface area contributed by atoms with Gasteiger partial charge in [0.15, 0.2) is 0 Å². The lowest BCUT2D eigenvalue weighted by atomic mass is 10.2. The van der Waals surface area contributed by atoms with E-state index in [-0.39, 0.29) is 22.7 Å². The van der Waals surface area contributed by atoms with Gasteiger partial charge < -0.3 is 0 Å². The summed E-state index contributed by atoms with van der Waals surface area (Å²) in [5.74, 6) is -0.409. The largest absolute Gasteiger partial charge is 0.273 e. The molecule has 6 nitrogen and oxygen atoms in total. The molecule has 0 unspecified atom stereocenters. The molecular weight excluding hydrogens is 323 g/mol. The monoisotopic (exact) mass is 338 g/mol. The van der Waals surface area contributed by atoms with Gasteiger partial charge >= 0.3 is 0 Å². The van der Waals surface area contributed by atoms with Crippen LogP contribution in [-0.2, 0) is 16.6 Å². The normalized spacial score (nSPS) is 11.7. The predicted octanol–water partition coefficient (Wildman–Crippen LogP) is 2.86. The van der Waals surface area contributed by atoms with Gasteiger partial charge in [0.25, 0.3) is 5.69 Å². The lowest BCUT2D eigenvalue weighted by molar-refractivity contribution is -0.385. The van der Waals surface area contributed by atoms with Crippen LogP contribution in [0.3, 0.4) is 0 Å². The Labute approximate surface area is 133 Å². The minimum absolute atomic E-state index is 0.0325. The van der Waals surface area contributed by atoms with Crippen LogP contribution in [0, 0.1) is 22.9 Å². The molecule has 0 N–H and O–H groups in total. The number of hydrogen-bond acceptors (Lipinski definition) is 4. The summed E-state index contributed by atoms with van der Waals surface area (Å²) >= 11 is 0. The Morgan fingerprint density at radius 1 is 1.17 bits per heavy atom. The molecule has 0 amide bonds. The molecular formula is C15H15FN2O4S. The minimum Gasteiger partial charge on any atom is -0.258 e. The number of nitro benzene ring substituents is 1. The second-order valence-corrected chi connectivity index (χ2v) is 7.06. The van der Waals surface area contributed by atoms with E-state index in [0.29, 0.717) is 5.56 Å². The molecule has 0 heterocycles. The van der Waals surface area contributed by atoms with Crippen molar-refractivity contribution in [1.29, 1.82) is 0 Å². The van der Waals surface area contributed by atoms with Crippen molar-refractivity contribution in [2.45, 2.75) is 18.4 Å². The maximum absolute atomic E-state index is 12.9. The fourth-order valence-corrected chi connectivity index (χ4v) is 3.58. The fourth-order valence-electron chi connectivity index (χ4n) is 2.18. The van der Waals surface area contributed by atoms with Crippen LogP contribution in [0.15, 0.2) is 47.4 Å². The Kier molecular flexibility index (Phi) is 4.76. The first-order valence-electron chi connectivity index (χ1n) is 6.68. The van der Waals surface area contributed by atoms with Gasteiger partial charge in [0.05, 0.1) is 9.82 Å². The summed E-state index contributed by atoms with van der Waals surface area (Å²) in [4.78, 5) is 10.2. The highest BCUT2D eigenvalue weighted by atomic mass is 32.2. The van der Waals surface area contributed by atoms with Gasteiger partial charge in [0.1, 0.15) is 5.82 Å². The van der Waals surface area contributed by atoms with Gasteiger partial charge in [0.2, 0.25) is 10.0 Å². The van der Waals surface area contributed by atoms with E-state index < -0.39 is 20.8 Å². The van der Waals surface area contributed by atoms with Crippen molar-refractivity contribution >= 4 is 15.7 Å². The van der Waals surface area contributed by atoms with Crippen molar-refractivity contribution in [3.05, 3.63) is 69.5 Å². The molecule has 0 fully saturated rings. The smallest absolute Gasteiger partial charge is 0.258 e. The number of hydrogen-bond donors (Lipinski definition) is 0. The molecule has 2 aromatic carbocycles. The third kappa shape index (κ3) is 3.54. The fraction of sp³-hybridized carbons (Fsp3) is 0.200. The summed E-state index contributed by atoms with van der Waals surface area (Å²) in [6, 6.07) is 9.39. The maximum atomic E-state index is 12.9. The van der Waals surface area contributed by atoms with E-state index >= 15 is 0 Å². The molecule has 8 heteroatoms. The first-order chi connectivity index (χ1) is 10.7. The molecule has 0 aliphatic carbocycles. The average Bonchev–Trinajstić information content (AvgIpc) is 2.49. The molecule has 23 heavy (non-hydrogen) atoms. The first-order valence-corrected chi connectivity index (χ1v) is 8.12. The SMILES string of the molecule is Cc1c([N+](=O)[O-])cccc1S(=O)(=O)N(C)Cc1ccc(F)cc1. The number of nitrogens with zero attached hydrogens (tertiary/aromatic N) is 2. The van der Waals surface area contributed by atoms with E-state index in [1.807, 2.05) is 0 Å². The van der Waals surface area contributed by atoms with Crippen LogP contribution in [0.1, 0.15) is 11.1 Å². The molecule has 122 valence electrons. The van der Waals surface area contributed by atoms with E-state index in [4.69, 9.17) is 0 Å². The van der Waals surface area contributed by atoms with Crippen molar-refractivity contribution in [3.63, 3.8) is 0 Å². The Morgan fingerprint density at radius 2 is 1.78 bits per heavy atom. The van der Waals surface area contributed by atoms with Gasteiger partial charge in [-0.3, -0.25) is 10.1 Å². The van der Waals surface area contributed by atoms with Gasteiger partial charge in [0, 0.05) is 25.2 Å². The third-order valence-electron chi connectivity index (χ3n) is 3.46. The average molecular weight is 338 g/mol. The van der Waals surface area contributed by atoms with E-state index in [0.717, 1.165) is 4.31 Å². The maximum Gasteiger partial charge on any atom is 0.273 e. The molecule has 0 aliphatic rings. The summed E-state index contributed by atoms with van der Waals surface area (Å²) in [7, 11) is -2.53. The summed E-state index contributed by atoms with van der Waals surface area (Å²) in [6.45, 7) is 1.43. The van der Waals surface area contributed by atoms with Crippen molar-refractivity contribution in [2.75, 3.05) is 7.05 Å². The van der Waals surface area contributed by atoms with E-state index in [9.17, 15) is 22.9 Å². The second kappa shape index (κ2) is 6.43. The summed E-state index contributed by atoms with van der Waals surface area (Å²) in [5, 5.41) is 11.0. The molecule has 0 spiro atoms. The highest BCUT2D eigenvalue weighted by Gasteiger charge is 2.26. The van der Waals surface area contributed by atoms with E-state index in [1.54, 1.807) is 0 Å². The third-order valence-corrected chi connectivity index (χ3v) is 5.41. The summed E-state index contributed by atoms with van der Waals surface area (Å²) in [5.41, 5.74) is 0.449. The quantitative estimate of drug-likeness (QED) is 0.620. The molecule has 2 rings (SSSR count). The van der Waals surface area contributed by atoms with Gasteiger partial charge in [-0.05, 0) is 30.7 Å².